The summed E-state index contributed by atoms with van der Waals surface area (Å²) in [6, 6.07) is 17.3. The Morgan fingerprint density at radius 3 is 2.39 bits per heavy atom. The Hall–Kier alpha value is -4.07. The molecule has 0 aliphatic rings. The molecule has 0 saturated carbocycles. The predicted molar refractivity (Wildman–Crippen MR) is 131 cm³/mol. The van der Waals surface area contributed by atoms with Gasteiger partial charge in [0.25, 0.3) is 11.6 Å². The van der Waals surface area contributed by atoms with Crippen LogP contribution in [-0.2, 0) is 4.79 Å². The van der Waals surface area contributed by atoms with E-state index in [1.165, 1.54) is 12.3 Å². The lowest BCUT2D eigenvalue weighted by Gasteiger charge is -2.09. The summed E-state index contributed by atoms with van der Waals surface area (Å²) < 4.78 is 6.39. The van der Waals surface area contributed by atoms with E-state index in [2.05, 4.69) is 38.4 Å². The predicted octanol–water partition coefficient (Wildman–Crippen LogP) is 4.57. The Kier molecular flexibility index (Phi) is 7.86. The fourth-order valence-electron chi connectivity index (χ4n) is 2.60. The average Bonchev–Trinajstić information content (AvgIpc) is 2.80. The average molecular weight is 561 g/mol. The van der Waals surface area contributed by atoms with E-state index in [9.17, 15) is 25.0 Å². The van der Waals surface area contributed by atoms with Crippen molar-refractivity contribution in [2.45, 2.75) is 0 Å². The molecule has 0 spiro atoms. The molecule has 0 bridgehead atoms. The number of carbonyl (C=O) groups is 1. The van der Waals surface area contributed by atoms with Crippen LogP contribution < -0.4 is 15.5 Å². The molecule has 2 N–H and O–H groups in total. The fourth-order valence-corrected chi connectivity index (χ4v) is 3.13. The first kappa shape index (κ1) is 23.6. The molecule has 0 unspecified atom stereocenters. The SMILES string of the molecule is O=C(COc1ccc(/C=N\Nc2ccc([N+](=O)[O-])cc2[N+](=O)[O-])cc1)Nc1ccccc1I. The van der Waals surface area contributed by atoms with E-state index >= 15 is 0 Å². The van der Waals surface area contributed by atoms with E-state index in [4.69, 9.17) is 4.74 Å². The Bertz CT molecular complexity index is 1220. The summed E-state index contributed by atoms with van der Waals surface area (Å²) in [6.45, 7) is -0.163. The third kappa shape index (κ3) is 6.70. The van der Waals surface area contributed by atoms with Gasteiger partial charge < -0.3 is 10.1 Å². The minimum Gasteiger partial charge on any atom is -0.484 e. The summed E-state index contributed by atoms with van der Waals surface area (Å²) in [4.78, 5) is 32.6. The van der Waals surface area contributed by atoms with Crippen molar-refractivity contribution in [2.75, 3.05) is 17.3 Å². The van der Waals surface area contributed by atoms with Crippen LogP contribution in [0.15, 0.2) is 71.8 Å². The summed E-state index contributed by atoms with van der Waals surface area (Å²) in [6.07, 6.45) is 1.42. The summed E-state index contributed by atoms with van der Waals surface area (Å²) in [5.41, 5.74) is 3.04. The summed E-state index contributed by atoms with van der Waals surface area (Å²) in [5, 5.41) is 28.6. The van der Waals surface area contributed by atoms with Gasteiger partial charge in [0, 0.05) is 9.64 Å². The van der Waals surface area contributed by atoms with E-state index in [-0.39, 0.29) is 23.9 Å². The van der Waals surface area contributed by atoms with Crippen molar-refractivity contribution < 1.29 is 19.4 Å². The molecule has 0 aliphatic heterocycles. The number of hydrogen-bond acceptors (Lipinski definition) is 8. The monoisotopic (exact) mass is 561 g/mol. The number of halogens is 1. The molecule has 168 valence electrons. The van der Waals surface area contributed by atoms with Gasteiger partial charge in [0.05, 0.1) is 27.8 Å². The highest BCUT2D eigenvalue weighted by Gasteiger charge is 2.19. The number of hydrazone groups is 1. The number of anilines is 2. The lowest BCUT2D eigenvalue weighted by Crippen LogP contribution is -2.20. The zero-order valence-electron chi connectivity index (χ0n) is 16.8. The maximum Gasteiger partial charge on any atom is 0.301 e. The van der Waals surface area contributed by atoms with Crippen LogP contribution in [0.4, 0.5) is 22.7 Å². The molecule has 0 heterocycles. The van der Waals surface area contributed by atoms with Crippen LogP contribution in [0.1, 0.15) is 5.56 Å². The zero-order chi connectivity index (χ0) is 23.8. The molecule has 3 aromatic rings. The Morgan fingerprint density at radius 1 is 1.00 bits per heavy atom. The second kappa shape index (κ2) is 11.0. The van der Waals surface area contributed by atoms with Crippen molar-refractivity contribution in [3.05, 3.63) is 96.1 Å². The highest BCUT2D eigenvalue weighted by atomic mass is 127. The van der Waals surface area contributed by atoms with Gasteiger partial charge in [0.2, 0.25) is 0 Å². The lowest BCUT2D eigenvalue weighted by atomic mass is 10.2. The summed E-state index contributed by atoms with van der Waals surface area (Å²) in [7, 11) is 0. The number of carbonyl (C=O) groups excluding carboxylic acids is 1. The van der Waals surface area contributed by atoms with Gasteiger partial charge in [-0.25, -0.2) is 0 Å². The highest BCUT2D eigenvalue weighted by Crippen LogP contribution is 2.28. The smallest absolute Gasteiger partial charge is 0.301 e. The third-order valence-electron chi connectivity index (χ3n) is 4.19. The number of para-hydroxylation sites is 1. The number of benzene rings is 3. The number of nitrogens with zero attached hydrogens (tertiary/aromatic N) is 3. The molecule has 0 aromatic heterocycles. The third-order valence-corrected chi connectivity index (χ3v) is 5.13. The number of nitro groups is 2. The van der Waals surface area contributed by atoms with Gasteiger partial charge in [0.1, 0.15) is 11.4 Å². The molecule has 3 rings (SSSR count). The standard InChI is InChI=1S/C21H16IN5O6/c22-17-3-1-2-4-18(17)24-21(28)13-33-16-8-5-14(6-9-16)12-23-25-19-10-7-15(26(29)30)11-20(19)27(31)32/h1-12,25H,13H2,(H,24,28)/b23-12-. The molecule has 3 aromatic carbocycles. The maximum absolute atomic E-state index is 12.1. The molecule has 0 radical (unpaired) electrons. The zero-order valence-corrected chi connectivity index (χ0v) is 19.0. The number of amides is 1. The van der Waals surface area contributed by atoms with Crippen molar-refractivity contribution in [1.29, 1.82) is 0 Å². The van der Waals surface area contributed by atoms with Gasteiger partial charge in [0.15, 0.2) is 6.61 Å². The van der Waals surface area contributed by atoms with Gasteiger partial charge in [-0.3, -0.25) is 30.4 Å². The van der Waals surface area contributed by atoms with Crippen molar-refractivity contribution in [2.24, 2.45) is 5.10 Å². The van der Waals surface area contributed by atoms with Crippen LogP contribution in [-0.4, -0.2) is 28.6 Å². The quantitative estimate of drug-likeness (QED) is 0.168. The van der Waals surface area contributed by atoms with E-state index in [1.54, 1.807) is 30.3 Å². The van der Waals surface area contributed by atoms with Crippen LogP contribution in [0.2, 0.25) is 0 Å². The van der Waals surface area contributed by atoms with Gasteiger partial charge in [-0.05, 0) is 70.6 Å². The van der Waals surface area contributed by atoms with Gasteiger partial charge >= 0.3 is 5.69 Å². The molecule has 12 heteroatoms. The summed E-state index contributed by atoms with van der Waals surface area (Å²) >= 11 is 2.13. The van der Waals surface area contributed by atoms with Crippen LogP contribution >= 0.6 is 22.6 Å². The van der Waals surface area contributed by atoms with Crippen LogP contribution in [0.5, 0.6) is 5.75 Å². The number of nitro benzene ring substituents is 2. The number of ether oxygens (including phenoxy) is 1. The first-order valence-electron chi connectivity index (χ1n) is 9.32. The summed E-state index contributed by atoms with van der Waals surface area (Å²) in [5.74, 6) is 0.183. The number of hydrogen-bond donors (Lipinski definition) is 2. The van der Waals surface area contributed by atoms with Gasteiger partial charge in [-0.1, -0.05) is 12.1 Å². The van der Waals surface area contributed by atoms with Gasteiger partial charge in [-0.15, -0.1) is 0 Å². The second-order valence-corrected chi connectivity index (χ2v) is 7.63. The van der Waals surface area contributed by atoms with Crippen molar-refractivity contribution in [1.82, 2.24) is 0 Å². The molecule has 0 atom stereocenters. The van der Waals surface area contributed by atoms with Crippen molar-refractivity contribution in [3.63, 3.8) is 0 Å². The number of nitrogens with one attached hydrogen (secondary N) is 2. The molecule has 0 fully saturated rings. The fraction of sp³-hybridized carbons (Fsp3) is 0.0476. The van der Waals surface area contributed by atoms with E-state index in [0.29, 0.717) is 17.0 Å². The normalized spacial score (nSPS) is 10.6. The van der Waals surface area contributed by atoms with Crippen molar-refractivity contribution in [3.8, 4) is 5.75 Å². The Labute approximate surface area is 200 Å². The minimum atomic E-state index is -0.730. The minimum absolute atomic E-state index is 0.0147. The molecule has 1 amide bonds. The van der Waals surface area contributed by atoms with E-state index in [0.717, 1.165) is 15.7 Å². The molecule has 33 heavy (non-hydrogen) atoms. The maximum atomic E-state index is 12.1. The largest absolute Gasteiger partial charge is 0.484 e. The molecular weight excluding hydrogens is 545 g/mol. The second-order valence-electron chi connectivity index (χ2n) is 6.47. The number of rotatable bonds is 9. The lowest BCUT2D eigenvalue weighted by molar-refractivity contribution is -0.393. The Morgan fingerprint density at radius 2 is 1.73 bits per heavy atom. The first-order chi connectivity index (χ1) is 15.8. The van der Waals surface area contributed by atoms with E-state index < -0.39 is 15.5 Å². The Balaban J connectivity index is 1.55. The molecule has 0 saturated heterocycles. The topological polar surface area (TPSA) is 149 Å². The van der Waals surface area contributed by atoms with Crippen LogP contribution in [0.25, 0.3) is 0 Å². The van der Waals surface area contributed by atoms with Gasteiger partial charge in [-0.2, -0.15) is 5.10 Å². The highest BCUT2D eigenvalue weighted by molar-refractivity contribution is 14.1. The van der Waals surface area contributed by atoms with Crippen LogP contribution in [0, 0.1) is 23.8 Å². The number of non-ortho nitro benzene ring substituents is 1. The van der Waals surface area contributed by atoms with Crippen molar-refractivity contribution >= 4 is 57.5 Å². The first-order valence-corrected chi connectivity index (χ1v) is 10.4. The van der Waals surface area contributed by atoms with Crippen LogP contribution in [0.3, 0.4) is 0 Å². The van der Waals surface area contributed by atoms with E-state index in [1.807, 2.05) is 18.2 Å². The molecule has 11 nitrogen and oxygen atoms in total. The molecule has 0 aliphatic carbocycles. The molecular formula is C21H16IN5O6.